The molecule has 3 rings (SSSR count). The second-order valence-electron chi connectivity index (χ2n) is 9.57. The zero-order valence-electron chi connectivity index (χ0n) is 18.1. The maximum absolute atomic E-state index is 12.5. The average molecular weight is 417 g/mol. The minimum Gasteiger partial charge on any atom is -0.410 e. The number of carbonyl (C=O) groups is 1. The number of aliphatic hydroxyl groups excluding tert-OH is 1. The molecule has 0 saturated carbocycles. The van der Waals surface area contributed by atoms with Crippen molar-refractivity contribution in [3.8, 4) is 6.07 Å². The molecule has 3 heterocycles. The fourth-order valence-corrected chi connectivity index (χ4v) is 5.14. The van der Waals surface area contributed by atoms with Gasteiger partial charge in [-0.15, -0.1) is 0 Å². The lowest BCUT2D eigenvalue weighted by Crippen LogP contribution is -2.60. The fourth-order valence-electron chi connectivity index (χ4n) is 3.79. The van der Waals surface area contributed by atoms with Crippen molar-refractivity contribution in [3.63, 3.8) is 0 Å². The van der Waals surface area contributed by atoms with Crippen LogP contribution in [0, 0.1) is 11.3 Å². The molecule has 2 saturated heterocycles. The smallest absolute Gasteiger partial charge is 0.251 e. The third kappa shape index (κ3) is 4.47. The molecule has 1 unspecified atom stereocenters. The Morgan fingerprint density at radius 3 is 2.52 bits per heavy atom. The van der Waals surface area contributed by atoms with Crippen molar-refractivity contribution in [2.45, 2.75) is 70.0 Å². The van der Waals surface area contributed by atoms with Gasteiger partial charge in [0.1, 0.15) is 18.0 Å². The molecule has 2 aliphatic rings. The van der Waals surface area contributed by atoms with Crippen LogP contribution >= 0.6 is 0 Å². The van der Waals surface area contributed by atoms with Crippen LogP contribution in [-0.4, -0.2) is 67.1 Å². The lowest BCUT2D eigenvalue weighted by atomic mass is 10.00. The highest BCUT2D eigenvalue weighted by Crippen LogP contribution is 2.39. The predicted molar refractivity (Wildman–Crippen MR) is 114 cm³/mol. The number of rotatable bonds is 4. The molecule has 1 aromatic heterocycles. The van der Waals surface area contributed by atoms with Gasteiger partial charge in [0, 0.05) is 25.8 Å². The number of carbonyl (C=O) groups excluding carboxylic acids is 1. The molecule has 0 spiro atoms. The van der Waals surface area contributed by atoms with Gasteiger partial charge in [-0.3, -0.25) is 4.79 Å². The number of aliphatic hydroxyl groups is 1. The molecule has 0 bridgehead atoms. The number of anilines is 1. The average Bonchev–Trinajstić information content (AvgIpc) is 2.99. The number of hydrogen-bond donors (Lipinski definition) is 1. The van der Waals surface area contributed by atoms with Gasteiger partial charge in [-0.05, 0) is 43.1 Å². The minimum absolute atomic E-state index is 0.0385. The van der Waals surface area contributed by atoms with Crippen LogP contribution in [0.5, 0.6) is 0 Å². The van der Waals surface area contributed by atoms with E-state index in [0.29, 0.717) is 25.1 Å². The van der Waals surface area contributed by atoms with Gasteiger partial charge in [-0.2, -0.15) is 5.26 Å². The van der Waals surface area contributed by atoms with Gasteiger partial charge in [0.05, 0.1) is 17.7 Å². The molecule has 8 heteroatoms. The van der Waals surface area contributed by atoms with Crippen LogP contribution in [-0.2, 0) is 9.22 Å². The van der Waals surface area contributed by atoms with Gasteiger partial charge >= 0.3 is 0 Å². The van der Waals surface area contributed by atoms with E-state index < -0.39 is 14.4 Å². The van der Waals surface area contributed by atoms with Crippen LogP contribution in [0.4, 0.5) is 5.82 Å². The number of hydrogen-bond acceptors (Lipinski definition) is 6. The van der Waals surface area contributed by atoms with E-state index in [1.165, 1.54) is 0 Å². The summed E-state index contributed by atoms with van der Waals surface area (Å²) in [6, 6.07) is 5.70. The van der Waals surface area contributed by atoms with Gasteiger partial charge in [-0.25, -0.2) is 4.98 Å². The maximum atomic E-state index is 12.5. The number of aromatic nitrogens is 1. The SMILES string of the molecule is CC(C)(C)[Si](C)(C)OC1CN(c2ccc(C#N)cn2)CC[C@H]1N1CC[C@@H](O)C1=O. The standard InChI is InChI=1S/C21H32N4O3Si/c1-21(2,3)29(4,5)28-18-14-24(19-7-6-15(12-22)13-23-19)10-8-16(18)25-11-9-17(26)20(25)27/h6-7,13,16-18,26H,8-11,14H2,1-5H3/t16-,17-,18?/m1/s1. The monoisotopic (exact) mass is 416 g/mol. The van der Waals surface area contributed by atoms with E-state index in [1.807, 2.05) is 11.0 Å². The number of piperidine rings is 1. The highest BCUT2D eigenvalue weighted by atomic mass is 28.4. The summed E-state index contributed by atoms with van der Waals surface area (Å²) in [6.45, 7) is 13.0. The number of amides is 1. The fraction of sp³-hybridized carbons (Fsp3) is 0.667. The topological polar surface area (TPSA) is 89.7 Å². The molecule has 2 aliphatic heterocycles. The summed E-state index contributed by atoms with van der Waals surface area (Å²) < 4.78 is 6.79. The van der Waals surface area contributed by atoms with Crippen LogP contribution in [0.3, 0.4) is 0 Å². The number of pyridine rings is 1. The summed E-state index contributed by atoms with van der Waals surface area (Å²) in [7, 11) is -2.06. The van der Waals surface area contributed by atoms with Crippen LogP contribution in [0.1, 0.15) is 39.2 Å². The molecule has 0 aromatic carbocycles. The molecule has 1 amide bonds. The normalized spacial score (nSPS) is 26.0. The lowest BCUT2D eigenvalue weighted by Gasteiger charge is -2.47. The van der Waals surface area contributed by atoms with E-state index in [-0.39, 0.29) is 23.1 Å². The van der Waals surface area contributed by atoms with E-state index in [9.17, 15) is 9.90 Å². The molecule has 2 fully saturated rings. The van der Waals surface area contributed by atoms with Crippen molar-refractivity contribution >= 4 is 20.0 Å². The number of nitriles is 1. The van der Waals surface area contributed by atoms with Crippen molar-refractivity contribution in [2.75, 3.05) is 24.5 Å². The van der Waals surface area contributed by atoms with Crippen LogP contribution in [0.15, 0.2) is 18.3 Å². The first-order valence-electron chi connectivity index (χ1n) is 10.3. The van der Waals surface area contributed by atoms with Gasteiger partial charge in [0.25, 0.3) is 5.91 Å². The zero-order valence-corrected chi connectivity index (χ0v) is 19.1. The largest absolute Gasteiger partial charge is 0.410 e. The Kier molecular flexibility index (Phi) is 6.04. The van der Waals surface area contributed by atoms with Crippen molar-refractivity contribution in [1.29, 1.82) is 5.26 Å². The first kappa shape index (κ1) is 21.7. The molecule has 158 valence electrons. The third-order valence-electron chi connectivity index (χ3n) is 6.59. The van der Waals surface area contributed by atoms with Crippen molar-refractivity contribution in [3.05, 3.63) is 23.9 Å². The van der Waals surface area contributed by atoms with Crippen LogP contribution in [0.25, 0.3) is 0 Å². The van der Waals surface area contributed by atoms with Crippen molar-refractivity contribution in [1.82, 2.24) is 9.88 Å². The molecule has 3 atom stereocenters. The van der Waals surface area contributed by atoms with Crippen molar-refractivity contribution < 1.29 is 14.3 Å². The quantitative estimate of drug-likeness (QED) is 0.759. The molecule has 1 aromatic rings. The summed E-state index contributed by atoms with van der Waals surface area (Å²) in [5.41, 5.74) is 0.536. The molecular formula is C21H32N4O3Si. The summed E-state index contributed by atoms with van der Waals surface area (Å²) in [5.74, 6) is 0.642. The Labute approximate surface area is 174 Å². The lowest BCUT2D eigenvalue weighted by molar-refractivity contribution is -0.138. The molecule has 7 nitrogen and oxygen atoms in total. The molecule has 29 heavy (non-hydrogen) atoms. The van der Waals surface area contributed by atoms with Crippen LogP contribution < -0.4 is 4.90 Å². The Balaban J connectivity index is 1.84. The Hall–Kier alpha value is -1.95. The van der Waals surface area contributed by atoms with Crippen LogP contribution in [0.2, 0.25) is 18.1 Å². The molecule has 1 N–H and O–H groups in total. The summed E-state index contributed by atoms with van der Waals surface area (Å²) in [5, 5.41) is 19.0. The van der Waals surface area contributed by atoms with E-state index in [0.717, 1.165) is 18.8 Å². The highest BCUT2D eigenvalue weighted by molar-refractivity contribution is 6.74. The predicted octanol–water partition coefficient (Wildman–Crippen LogP) is 2.52. The van der Waals surface area contributed by atoms with Gasteiger partial charge < -0.3 is 19.3 Å². The third-order valence-corrected chi connectivity index (χ3v) is 11.1. The first-order chi connectivity index (χ1) is 13.5. The molecular weight excluding hydrogens is 384 g/mol. The van der Waals surface area contributed by atoms with Gasteiger partial charge in [-0.1, -0.05) is 20.8 Å². The number of likely N-dealkylation sites (tertiary alicyclic amines) is 1. The molecule has 0 radical (unpaired) electrons. The molecule has 0 aliphatic carbocycles. The second kappa shape index (κ2) is 8.05. The highest BCUT2D eigenvalue weighted by Gasteiger charge is 2.46. The first-order valence-corrected chi connectivity index (χ1v) is 13.2. The minimum atomic E-state index is -2.06. The van der Waals surface area contributed by atoms with E-state index in [2.05, 4.69) is 49.8 Å². The zero-order chi connectivity index (χ0) is 21.4. The van der Waals surface area contributed by atoms with E-state index in [1.54, 1.807) is 12.3 Å². The van der Waals surface area contributed by atoms with Gasteiger partial charge in [0.15, 0.2) is 8.32 Å². The van der Waals surface area contributed by atoms with Gasteiger partial charge in [0.2, 0.25) is 0 Å². The van der Waals surface area contributed by atoms with E-state index >= 15 is 0 Å². The summed E-state index contributed by atoms with van der Waals surface area (Å²) >= 11 is 0. The maximum Gasteiger partial charge on any atom is 0.251 e. The Morgan fingerprint density at radius 1 is 1.28 bits per heavy atom. The van der Waals surface area contributed by atoms with Crippen molar-refractivity contribution in [2.24, 2.45) is 0 Å². The Morgan fingerprint density at radius 2 is 2.00 bits per heavy atom. The Bertz CT molecular complexity index is 785. The summed E-state index contributed by atoms with van der Waals surface area (Å²) in [6.07, 6.45) is 1.81. The number of nitrogens with zero attached hydrogens (tertiary/aromatic N) is 4. The van der Waals surface area contributed by atoms with E-state index in [4.69, 9.17) is 9.69 Å². The second-order valence-corrected chi connectivity index (χ2v) is 14.3. The summed E-state index contributed by atoms with van der Waals surface area (Å²) in [4.78, 5) is 20.9.